The number of halogens is 1. The Morgan fingerprint density at radius 2 is 1.95 bits per heavy atom. The van der Waals surface area contributed by atoms with Crippen LogP contribution in [0.2, 0.25) is 0 Å². The molecule has 1 aliphatic heterocycles. The highest BCUT2D eigenvalue weighted by Crippen LogP contribution is 2.35. The molecule has 0 fully saturated rings. The number of hydrogen-bond acceptors (Lipinski definition) is 6. The quantitative estimate of drug-likeness (QED) is 0.278. The van der Waals surface area contributed by atoms with E-state index in [1.807, 2.05) is 32.2 Å². The molecule has 10 heteroatoms. The Bertz CT molecular complexity index is 1540. The predicted octanol–water partition coefficient (Wildman–Crippen LogP) is 5.44. The Morgan fingerprint density at radius 1 is 1.20 bits per heavy atom. The van der Waals surface area contributed by atoms with E-state index in [0.29, 0.717) is 0 Å². The van der Waals surface area contributed by atoms with Crippen molar-refractivity contribution in [2.24, 2.45) is 7.05 Å². The van der Waals surface area contributed by atoms with Crippen LogP contribution in [0.25, 0.3) is 11.0 Å². The third kappa shape index (κ3) is 6.51. The maximum absolute atomic E-state index is 12.0. The third-order valence-electron chi connectivity index (χ3n) is 7.27. The van der Waals surface area contributed by atoms with E-state index in [1.165, 1.54) is 11.1 Å². The van der Waals surface area contributed by atoms with Gasteiger partial charge in [-0.25, -0.2) is 4.68 Å². The van der Waals surface area contributed by atoms with Gasteiger partial charge < -0.3 is 14.9 Å². The molecular weight excluding hydrogens is 576 g/mol. The average Bonchev–Trinajstić information content (AvgIpc) is 3.19. The summed E-state index contributed by atoms with van der Waals surface area (Å²) in [5, 5.41) is 25.2. The van der Waals surface area contributed by atoms with Crippen LogP contribution in [0.5, 0.6) is 5.75 Å². The van der Waals surface area contributed by atoms with E-state index in [1.54, 1.807) is 4.68 Å². The van der Waals surface area contributed by atoms with Gasteiger partial charge in [0.25, 0.3) is 6.47 Å². The van der Waals surface area contributed by atoms with Crippen LogP contribution in [0.4, 0.5) is 0 Å². The monoisotopic (exact) mass is 608 g/mol. The zero-order valence-corrected chi connectivity index (χ0v) is 24.6. The Labute approximate surface area is 241 Å². The predicted molar refractivity (Wildman–Crippen MR) is 156 cm³/mol. The average molecular weight is 610 g/mol. The van der Waals surface area contributed by atoms with Gasteiger partial charge in [-0.05, 0) is 66.8 Å². The van der Waals surface area contributed by atoms with Gasteiger partial charge in [-0.2, -0.15) is 0 Å². The van der Waals surface area contributed by atoms with Crippen molar-refractivity contribution in [1.82, 2.24) is 19.9 Å². The molecule has 1 aromatic heterocycles. The number of carboxylic acids is 1. The molecule has 0 radical (unpaired) electrons. The van der Waals surface area contributed by atoms with E-state index < -0.39 is 5.97 Å². The molecule has 4 aromatic rings. The van der Waals surface area contributed by atoms with Crippen molar-refractivity contribution in [3.05, 3.63) is 86.4 Å². The molecule has 9 nitrogen and oxygen atoms in total. The normalized spacial score (nSPS) is 15.8. The minimum absolute atomic E-state index is 0.00590. The fourth-order valence-electron chi connectivity index (χ4n) is 5.34. The molecule has 5 rings (SSSR count). The molecular formula is C30H33BrN4O5. The third-order valence-corrected chi connectivity index (χ3v) is 7.76. The van der Waals surface area contributed by atoms with Gasteiger partial charge in [0.1, 0.15) is 17.4 Å². The van der Waals surface area contributed by atoms with Crippen LogP contribution in [0.15, 0.2) is 53.0 Å². The van der Waals surface area contributed by atoms with Gasteiger partial charge in [0.2, 0.25) is 0 Å². The van der Waals surface area contributed by atoms with Crippen LogP contribution >= 0.6 is 15.9 Å². The Balaban J connectivity index is 0.00000118. The summed E-state index contributed by atoms with van der Waals surface area (Å²) in [6, 6.07) is 16.6. The molecule has 0 saturated heterocycles. The number of benzene rings is 3. The number of carboxylic acid groups (broad SMARTS) is 2. The summed E-state index contributed by atoms with van der Waals surface area (Å²) in [6.45, 7) is 8.32. The molecule has 0 aliphatic carbocycles. The molecule has 2 N–H and O–H groups in total. The minimum atomic E-state index is -0.827. The zero-order chi connectivity index (χ0) is 29.0. The lowest BCUT2D eigenvalue weighted by Gasteiger charge is -2.24. The number of aryl methyl sites for hydroxylation is 3. The second-order valence-corrected chi connectivity index (χ2v) is 11.1. The summed E-state index contributed by atoms with van der Waals surface area (Å²) in [4.78, 5) is 22.7. The standard InChI is InChI=1S/C29H31BrN4O3.CH2O2/c1-17-5-6-20(25(13-28(35)36)24-9-10-26-29(19(24)3)31-32-33(26)4)11-22(17)16-34-14-18(2)37-27-12-23(30)8-7-21(27)15-34;2-1-3/h5-12,18,25H,13-16H2,1-4H3,(H,35,36);1H,(H,2,3)/t18-,25?;/m0./s1. The minimum Gasteiger partial charge on any atom is -0.489 e. The van der Waals surface area contributed by atoms with E-state index in [4.69, 9.17) is 14.6 Å². The van der Waals surface area contributed by atoms with Crippen LogP contribution in [0.3, 0.4) is 0 Å². The van der Waals surface area contributed by atoms with Crippen molar-refractivity contribution in [2.45, 2.75) is 52.3 Å². The molecule has 1 aliphatic rings. The molecule has 210 valence electrons. The molecule has 0 bridgehead atoms. The number of fused-ring (bicyclic) bond motifs is 2. The lowest BCUT2D eigenvalue weighted by atomic mass is 9.84. The number of carbonyl (C=O) groups is 2. The molecule has 1 unspecified atom stereocenters. The summed E-state index contributed by atoms with van der Waals surface area (Å²) >= 11 is 3.55. The lowest BCUT2D eigenvalue weighted by molar-refractivity contribution is -0.137. The summed E-state index contributed by atoms with van der Waals surface area (Å²) in [6.07, 6.45) is 0.0616. The Hall–Kier alpha value is -3.76. The van der Waals surface area contributed by atoms with Gasteiger partial charge in [-0.1, -0.05) is 51.5 Å². The summed E-state index contributed by atoms with van der Waals surface area (Å²) in [7, 11) is 1.86. The van der Waals surface area contributed by atoms with Crippen molar-refractivity contribution < 1.29 is 24.5 Å². The van der Waals surface area contributed by atoms with Crippen LogP contribution in [-0.2, 0) is 29.7 Å². The van der Waals surface area contributed by atoms with Crippen molar-refractivity contribution in [3.63, 3.8) is 0 Å². The second kappa shape index (κ2) is 12.6. The van der Waals surface area contributed by atoms with Crippen LogP contribution in [-0.4, -0.2) is 55.2 Å². The number of rotatable bonds is 6. The first kappa shape index (κ1) is 29.2. The SMILES string of the molecule is Cc1ccc(C(CC(=O)O)c2ccc3c(nnn3C)c2C)cc1CN1Cc2ccc(Br)cc2O[C@@H](C)C1.O=CO. The lowest BCUT2D eigenvalue weighted by Crippen LogP contribution is -2.30. The number of ether oxygens (including phenoxy) is 1. The highest BCUT2D eigenvalue weighted by atomic mass is 79.9. The highest BCUT2D eigenvalue weighted by Gasteiger charge is 2.24. The number of nitrogens with zero attached hydrogens (tertiary/aromatic N) is 4. The smallest absolute Gasteiger partial charge is 0.304 e. The van der Waals surface area contributed by atoms with Crippen molar-refractivity contribution in [3.8, 4) is 5.75 Å². The van der Waals surface area contributed by atoms with Gasteiger partial charge in [0, 0.05) is 42.6 Å². The van der Waals surface area contributed by atoms with E-state index in [0.717, 1.165) is 63.1 Å². The molecule has 0 spiro atoms. The van der Waals surface area contributed by atoms with Gasteiger partial charge >= 0.3 is 5.97 Å². The highest BCUT2D eigenvalue weighted by molar-refractivity contribution is 9.10. The van der Waals surface area contributed by atoms with Gasteiger partial charge in [0.15, 0.2) is 0 Å². The summed E-state index contributed by atoms with van der Waals surface area (Å²) < 4.78 is 8.95. The molecule has 40 heavy (non-hydrogen) atoms. The van der Waals surface area contributed by atoms with Gasteiger partial charge in [0.05, 0.1) is 11.9 Å². The largest absolute Gasteiger partial charge is 0.489 e. The number of hydrogen-bond donors (Lipinski definition) is 2. The molecule has 3 aromatic carbocycles. The second-order valence-electron chi connectivity index (χ2n) is 10.2. The van der Waals surface area contributed by atoms with Crippen LogP contribution in [0.1, 0.15) is 52.6 Å². The fourth-order valence-corrected chi connectivity index (χ4v) is 5.68. The first-order valence-electron chi connectivity index (χ1n) is 13.0. The van der Waals surface area contributed by atoms with Crippen molar-refractivity contribution in [2.75, 3.05) is 6.54 Å². The number of aliphatic carboxylic acids is 1. The first-order chi connectivity index (χ1) is 19.1. The van der Waals surface area contributed by atoms with Crippen LogP contribution < -0.4 is 4.74 Å². The Morgan fingerprint density at radius 3 is 2.67 bits per heavy atom. The maximum Gasteiger partial charge on any atom is 0.304 e. The molecule has 0 amide bonds. The molecule has 2 heterocycles. The fraction of sp³-hybridized carbons (Fsp3) is 0.333. The van der Waals surface area contributed by atoms with Gasteiger partial charge in [-0.15, -0.1) is 5.10 Å². The summed E-state index contributed by atoms with van der Waals surface area (Å²) in [5.74, 6) is -0.189. The topological polar surface area (TPSA) is 118 Å². The summed E-state index contributed by atoms with van der Waals surface area (Å²) in [5.41, 5.74) is 8.24. The first-order valence-corrected chi connectivity index (χ1v) is 13.8. The van der Waals surface area contributed by atoms with Crippen LogP contribution in [0, 0.1) is 13.8 Å². The van der Waals surface area contributed by atoms with E-state index in [2.05, 4.69) is 75.3 Å². The Kier molecular flexibility index (Phi) is 9.21. The number of aromatic nitrogens is 3. The van der Waals surface area contributed by atoms with Gasteiger partial charge in [-0.3, -0.25) is 14.5 Å². The molecule has 0 saturated carbocycles. The maximum atomic E-state index is 12.0. The zero-order valence-electron chi connectivity index (χ0n) is 23.0. The van der Waals surface area contributed by atoms with E-state index in [-0.39, 0.29) is 24.9 Å². The van der Waals surface area contributed by atoms with E-state index in [9.17, 15) is 9.90 Å². The molecule has 2 atom stereocenters. The van der Waals surface area contributed by atoms with Crippen molar-refractivity contribution >= 4 is 39.4 Å². The van der Waals surface area contributed by atoms with Crippen molar-refractivity contribution in [1.29, 1.82) is 0 Å². The van der Waals surface area contributed by atoms with E-state index >= 15 is 0 Å².